The number of rotatable bonds is 2. The monoisotopic (exact) mass is 260 g/mol. The van der Waals surface area contributed by atoms with Gasteiger partial charge in [0.25, 0.3) is 0 Å². The Balaban J connectivity index is 2.01. The third kappa shape index (κ3) is 2.33. The standard InChI is InChI=1S/C15H20N2O2/c1-17-13-9-12(18-2)5-4-11(13)8-14(17)15-10-16-6-3-7-19-15/h4-5,8-9,15-16H,3,6-7,10H2,1-2H3. The van der Waals surface area contributed by atoms with Gasteiger partial charge in [-0.05, 0) is 31.2 Å². The Hall–Kier alpha value is -1.52. The number of benzene rings is 1. The highest BCUT2D eigenvalue weighted by molar-refractivity contribution is 5.82. The highest BCUT2D eigenvalue weighted by Crippen LogP contribution is 2.28. The van der Waals surface area contributed by atoms with Crippen LogP contribution in [0.2, 0.25) is 0 Å². The predicted molar refractivity (Wildman–Crippen MR) is 75.7 cm³/mol. The fourth-order valence-electron chi connectivity index (χ4n) is 2.67. The summed E-state index contributed by atoms with van der Waals surface area (Å²) in [4.78, 5) is 0. The summed E-state index contributed by atoms with van der Waals surface area (Å²) < 4.78 is 13.4. The van der Waals surface area contributed by atoms with E-state index in [0.29, 0.717) is 0 Å². The number of fused-ring (bicyclic) bond motifs is 1. The number of ether oxygens (including phenoxy) is 2. The first kappa shape index (κ1) is 12.5. The predicted octanol–water partition coefficient (Wildman–Crippen LogP) is 2.24. The molecular formula is C15H20N2O2. The molecule has 1 N–H and O–H groups in total. The Kier molecular flexibility index (Phi) is 3.44. The van der Waals surface area contributed by atoms with Gasteiger partial charge >= 0.3 is 0 Å². The topological polar surface area (TPSA) is 35.4 Å². The zero-order valence-electron chi connectivity index (χ0n) is 11.5. The summed E-state index contributed by atoms with van der Waals surface area (Å²) in [6.07, 6.45) is 1.21. The summed E-state index contributed by atoms with van der Waals surface area (Å²) in [6, 6.07) is 8.38. The van der Waals surface area contributed by atoms with Gasteiger partial charge in [0, 0.05) is 37.3 Å². The van der Waals surface area contributed by atoms with E-state index in [1.54, 1.807) is 7.11 Å². The van der Waals surface area contributed by atoms with E-state index >= 15 is 0 Å². The van der Waals surface area contributed by atoms with Crippen LogP contribution in [-0.4, -0.2) is 31.4 Å². The largest absolute Gasteiger partial charge is 0.497 e. The summed E-state index contributed by atoms with van der Waals surface area (Å²) >= 11 is 0. The van der Waals surface area contributed by atoms with E-state index in [1.807, 2.05) is 6.07 Å². The van der Waals surface area contributed by atoms with Gasteiger partial charge in [0.2, 0.25) is 0 Å². The minimum atomic E-state index is 0.130. The van der Waals surface area contributed by atoms with Crippen molar-refractivity contribution in [1.29, 1.82) is 0 Å². The lowest BCUT2D eigenvalue weighted by molar-refractivity contribution is 0.0623. The second-order valence-electron chi connectivity index (χ2n) is 4.97. The quantitative estimate of drug-likeness (QED) is 0.899. The number of hydrogen-bond acceptors (Lipinski definition) is 3. The molecule has 1 aliphatic rings. The molecule has 1 saturated heterocycles. The van der Waals surface area contributed by atoms with Gasteiger partial charge in [-0.2, -0.15) is 0 Å². The van der Waals surface area contributed by atoms with Gasteiger partial charge in [0.05, 0.1) is 12.6 Å². The summed E-state index contributed by atoms with van der Waals surface area (Å²) in [7, 11) is 3.79. The molecule has 1 aromatic heterocycles. The first-order valence-electron chi connectivity index (χ1n) is 6.75. The van der Waals surface area contributed by atoms with Crippen LogP contribution in [0.5, 0.6) is 5.75 Å². The molecule has 0 bridgehead atoms. The maximum Gasteiger partial charge on any atom is 0.120 e. The number of aryl methyl sites for hydroxylation is 1. The fourth-order valence-corrected chi connectivity index (χ4v) is 2.67. The maximum atomic E-state index is 5.94. The molecule has 1 aliphatic heterocycles. The molecule has 4 heteroatoms. The van der Waals surface area contributed by atoms with Gasteiger partial charge in [-0.15, -0.1) is 0 Å². The maximum absolute atomic E-state index is 5.94. The molecule has 1 atom stereocenters. The van der Waals surface area contributed by atoms with Crippen molar-refractivity contribution < 1.29 is 9.47 Å². The van der Waals surface area contributed by atoms with Crippen LogP contribution in [0.1, 0.15) is 18.2 Å². The zero-order chi connectivity index (χ0) is 13.2. The van der Waals surface area contributed by atoms with Crippen molar-refractivity contribution in [3.63, 3.8) is 0 Å². The normalized spacial score (nSPS) is 20.4. The van der Waals surface area contributed by atoms with Gasteiger partial charge in [0.15, 0.2) is 0 Å². The molecule has 4 nitrogen and oxygen atoms in total. The van der Waals surface area contributed by atoms with Gasteiger partial charge in [0.1, 0.15) is 11.9 Å². The van der Waals surface area contributed by atoms with Crippen molar-refractivity contribution in [3.8, 4) is 5.75 Å². The van der Waals surface area contributed by atoms with E-state index in [9.17, 15) is 0 Å². The average molecular weight is 260 g/mol. The van der Waals surface area contributed by atoms with E-state index in [0.717, 1.165) is 31.9 Å². The van der Waals surface area contributed by atoms with Crippen molar-refractivity contribution in [2.24, 2.45) is 7.05 Å². The van der Waals surface area contributed by atoms with Gasteiger partial charge in [-0.3, -0.25) is 0 Å². The molecular weight excluding hydrogens is 240 g/mol. The summed E-state index contributed by atoms with van der Waals surface area (Å²) in [5.74, 6) is 0.889. The van der Waals surface area contributed by atoms with Crippen LogP contribution in [-0.2, 0) is 11.8 Å². The van der Waals surface area contributed by atoms with Crippen molar-refractivity contribution in [2.45, 2.75) is 12.5 Å². The minimum Gasteiger partial charge on any atom is -0.497 e. The smallest absolute Gasteiger partial charge is 0.120 e. The van der Waals surface area contributed by atoms with Crippen molar-refractivity contribution in [1.82, 2.24) is 9.88 Å². The second kappa shape index (κ2) is 5.23. The Bertz CT molecular complexity index is 569. The lowest BCUT2D eigenvalue weighted by atomic mass is 10.2. The zero-order valence-corrected chi connectivity index (χ0v) is 11.5. The van der Waals surface area contributed by atoms with E-state index in [-0.39, 0.29) is 6.10 Å². The number of nitrogens with zero attached hydrogens (tertiary/aromatic N) is 1. The summed E-state index contributed by atoms with van der Waals surface area (Å²) in [5, 5.41) is 4.65. The Morgan fingerprint density at radius 1 is 1.37 bits per heavy atom. The van der Waals surface area contributed by atoms with Crippen LogP contribution in [0.4, 0.5) is 0 Å². The van der Waals surface area contributed by atoms with E-state index in [4.69, 9.17) is 9.47 Å². The lowest BCUT2D eigenvalue weighted by Crippen LogP contribution is -2.21. The number of hydrogen-bond donors (Lipinski definition) is 1. The molecule has 0 amide bonds. The third-order valence-corrected chi connectivity index (χ3v) is 3.77. The Labute approximate surface area is 113 Å². The molecule has 2 heterocycles. The SMILES string of the molecule is COc1ccc2cc(C3CNCCCO3)n(C)c2c1. The summed E-state index contributed by atoms with van der Waals surface area (Å²) in [6.45, 7) is 2.73. The molecule has 0 aliphatic carbocycles. The molecule has 0 radical (unpaired) electrons. The first-order valence-corrected chi connectivity index (χ1v) is 6.75. The third-order valence-electron chi connectivity index (χ3n) is 3.77. The Morgan fingerprint density at radius 2 is 2.26 bits per heavy atom. The highest BCUT2D eigenvalue weighted by Gasteiger charge is 2.19. The minimum absolute atomic E-state index is 0.130. The molecule has 0 spiro atoms. The van der Waals surface area contributed by atoms with Crippen LogP contribution in [0.25, 0.3) is 10.9 Å². The number of nitrogens with one attached hydrogen (secondary N) is 1. The lowest BCUT2D eigenvalue weighted by Gasteiger charge is -2.16. The molecule has 102 valence electrons. The van der Waals surface area contributed by atoms with Gasteiger partial charge in [-0.1, -0.05) is 0 Å². The van der Waals surface area contributed by atoms with E-state index < -0.39 is 0 Å². The average Bonchev–Trinajstić information content (AvgIpc) is 2.64. The molecule has 3 rings (SSSR count). The van der Waals surface area contributed by atoms with Gasteiger partial charge < -0.3 is 19.4 Å². The molecule has 1 unspecified atom stereocenters. The van der Waals surface area contributed by atoms with E-state index in [2.05, 4.69) is 35.1 Å². The van der Waals surface area contributed by atoms with Gasteiger partial charge in [-0.25, -0.2) is 0 Å². The second-order valence-corrected chi connectivity index (χ2v) is 4.97. The highest BCUT2D eigenvalue weighted by atomic mass is 16.5. The Morgan fingerprint density at radius 3 is 3.11 bits per heavy atom. The van der Waals surface area contributed by atoms with E-state index in [1.165, 1.54) is 16.6 Å². The number of aromatic nitrogens is 1. The molecule has 0 saturated carbocycles. The summed E-state index contributed by atoms with van der Waals surface area (Å²) in [5.41, 5.74) is 2.40. The van der Waals surface area contributed by atoms with Crippen LogP contribution in [0.3, 0.4) is 0 Å². The van der Waals surface area contributed by atoms with Crippen LogP contribution >= 0.6 is 0 Å². The molecule has 1 fully saturated rings. The van der Waals surface area contributed by atoms with Crippen LogP contribution in [0, 0.1) is 0 Å². The van der Waals surface area contributed by atoms with Crippen molar-refractivity contribution in [2.75, 3.05) is 26.8 Å². The molecule has 1 aromatic carbocycles. The number of methoxy groups -OCH3 is 1. The van der Waals surface area contributed by atoms with Crippen LogP contribution < -0.4 is 10.1 Å². The first-order chi connectivity index (χ1) is 9.29. The van der Waals surface area contributed by atoms with Crippen LogP contribution in [0.15, 0.2) is 24.3 Å². The fraction of sp³-hybridized carbons (Fsp3) is 0.467. The van der Waals surface area contributed by atoms with Crippen molar-refractivity contribution in [3.05, 3.63) is 30.0 Å². The van der Waals surface area contributed by atoms with Crippen molar-refractivity contribution >= 4 is 10.9 Å². The molecule has 19 heavy (non-hydrogen) atoms. The molecule has 2 aromatic rings.